The highest BCUT2D eigenvalue weighted by Gasteiger charge is 2.33. The molecule has 2 heterocycles. The van der Waals surface area contributed by atoms with E-state index in [9.17, 15) is 4.79 Å². The first-order valence-electron chi connectivity index (χ1n) is 8.36. The molecule has 1 aromatic carbocycles. The predicted molar refractivity (Wildman–Crippen MR) is 90.5 cm³/mol. The van der Waals surface area contributed by atoms with Crippen LogP contribution < -0.4 is 0 Å². The van der Waals surface area contributed by atoms with Crippen molar-refractivity contribution >= 4 is 5.91 Å². The Hall–Kier alpha value is -2.21. The number of rotatable bonds is 4. The lowest BCUT2D eigenvalue weighted by molar-refractivity contribution is -0.135. The van der Waals surface area contributed by atoms with Gasteiger partial charge in [-0.05, 0) is 38.4 Å². The van der Waals surface area contributed by atoms with Crippen LogP contribution in [0.2, 0.25) is 0 Å². The number of hydrogen-bond donors (Lipinski definition) is 0. The first-order chi connectivity index (χ1) is 11.6. The fourth-order valence-electron chi connectivity index (χ4n) is 3.27. The normalized spacial score (nSPS) is 17.6. The fraction of sp³-hybridized carbons (Fsp3) is 0.500. The molecule has 3 rings (SSSR count). The van der Waals surface area contributed by atoms with E-state index in [1.807, 2.05) is 51.4 Å². The lowest BCUT2D eigenvalue weighted by Crippen LogP contribution is -2.43. The van der Waals surface area contributed by atoms with Gasteiger partial charge in [0.05, 0.1) is 0 Å². The highest BCUT2D eigenvalue weighted by atomic mass is 16.5. The van der Waals surface area contributed by atoms with E-state index in [0.717, 1.165) is 37.4 Å². The van der Waals surface area contributed by atoms with Crippen molar-refractivity contribution in [3.05, 3.63) is 47.6 Å². The van der Waals surface area contributed by atoms with Crippen LogP contribution in [0.15, 0.2) is 34.9 Å². The number of piperidine rings is 1. The van der Waals surface area contributed by atoms with Crippen molar-refractivity contribution in [3.8, 4) is 0 Å². The zero-order chi connectivity index (χ0) is 17.1. The maximum atomic E-state index is 12.7. The van der Waals surface area contributed by atoms with Gasteiger partial charge in [-0.1, -0.05) is 35.5 Å². The molecule has 1 aromatic heterocycles. The Balaban J connectivity index is 1.74. The zero-order valence-electron chi connectivity index (χ0n) is 14.5. The molecule has 1 aliphatic rings. The smallest absolute Gasteiger partial charge is 0.244 e. The Morgan fingerprint density at radius 2 is 1.92 bits per heavy atom. The molecule has 6 heteroatoms. The minimum Gasteiger partial charge on any atom is -0.347 e. The Kier molecular flexibility index (Phi) is 4.94. The number of aromatic nitrogens is 2. The molecule has 128 valence electrons. The van der Waals surface area contributed by atoms with E-state index >= 15 is 0 Å². The van der Waals surface area contributed by atoms with Crippen LogP contribution in [0.3, 0.4) is 0 Å². The van der Waals surface area contributed by atoms with Gasteiger partial charge in [-0.2, -0.15) is 4.98 Å². The third-order valence-electron chi connectivity index (χ3n) is 4.58. The SMILES string of the molecule is Cc1noc(C2CCN(C(C(=O)N(C)C)c3ccccc3)CC2)n1. The number of aryl methyl sites for hydroxylation is 1. The van der Waals surface area contributed by atoms with Gasteiger partial charge in [-0.15, -0.1) is 0 Å². The maximum Gasteiger partial charge on any atom is 0.244 e. The van der Waals surface area contributed by atoms with Crippen LogP contribution >= 0.6 is 0 Å². The molecule has 1 saturated heterocycles. The summed E-state index contributed by atoms with van der Waals surface area (Å²) >= 11 is 0. The Morgan fingerprint density at radius 1 is 1.25 bits per heavy atom. The van der Waals surface area contributed by atoms with Gasteiger partial charge in [0.25, 0.3) is 0 Å². The maximum absolute atomic E-state index is 12.7. The lowest BCUT2D eigenvalue weighted by atomic mass is 9.93. The average molecular weight is 328 g/mol. The van der Waals surface area contributed by atoms with Gasteiger partial charge in [0.2, 0.25) is 11.8 Å². The number of benzene rings is 1. The summed E-state index contributed by atoms with van der Waals surface area (Å²) in [4.78, 5) is 21.0. The number of likely N-dealkylation sites (tertiary alicyclic amines) is 1. The monoisotopic (exact) mass is 328 g/mol. The molecule has 1 atom stereocenters. The van der Waals surface area contributed by atoms with E-state index in [2.05, 4.69) is 15.0 Å². The summed E-state index contributed by atoms with van der Waals surface area (Å²) in [7, 11) is 3.62. The number of nitrogens with zero attached hydrogens (tertiary/aromatic N) is 4. The standard InChI is InChI=1S/C18H24N4O2/c1-13-19-17(24-20-13)15-9-11-22(12-10-15)16(18(23)21(2)3)14-7-5-4-6-8-14/h4-8,15-16H,9-12H2,1-3H3. The first kappa shape index (κ1) is 16.6. The molecule has 1 fully saturated rings. The molecule has 0 saturated carbocycles. The zero-order valence-corrected chi connectivity index (χ0v) is 14.5. The molecule has 24 heavy (non-hydrogen) atoms. The summed E-state index contributed by atoms with van der Waals surface area (Å²) in [5.41, 5.74) is 1.04. The molecule has 0 radical (unpaired) electrons. The Morgan fingerprint density at radius 3 is 2.46 bits per heavy atom. The average Bonchev–Trinajstić information content (AvgIpc) is 3.03. The molecule has 2 aromatic rings. The van der Waals surface area contributed by atoms with Crippen molar-refractivity contribution in [2.24, 2.45) is 0 Å². The van der Waals surface area contributed by atoms with E-state index < -0.39 is 0 Å². The van der Waals surface area contributed by atoms with Crippen molar-refractivity contribution in [1.29, 1.82) is 0 Å². The molecule has 6 nitrogen and oxygen atoms in total. The van der Waals surface area contributed by atoms with Crippen LogP contribution in [0.4, 0.5) is 0 Å². The van der Waals surface area contributed by atoms with Crippen LogP contribution in [0.5, 0.6) is 0 Å². The first-order valence-corrected chi connectivity index (χ1v) is 8.36. The molecule has 0 spiro atoms. The van der Waals surface area contributed by atoms with Gasteiger partial charge in [-0.25, -0.2) is 0 Å². The summed E-state index contributed by atoms with van der Waals surface area (Å²) in [6.45, 7) is 3.51. The third kappa shape index (κ3) is 3.48. The van der Waals surface area contributed by atoms with E-state index in [1.165, 1.54) is 0 Å². The number of hydrogen-bond acceptors (Lipinski definition) is 5. The molecule has 1 aliphatic heterocycles. The van der Waals surface area contributed by atoms with E-state index in [-0.39, 0.29) is 17.9 Å². The number of amides is 1. The summed E-state index contributed by atoms with van der Waals surface area (Å²) in [6, 6.07) is 9.77. The summed E-state index contributed by atoms with van der Waals surface area (Å²) < 4.78 is 5.32. The van der Waals surface area contributed by atoms with E-state index in [4.69, 9.17) is 4.52 Å². The van der Waals surface area contributed by atoms with Crippen molar-refractivity contribution in [1.82, 2.24) is 19.9 Å². The van der Waals surface area contributed by atoms with Crippen molar-refractivity contribution in [2.75, 3.05) is 27.2 Å². The van der Waals surface area contributed by atoms with E-state index in [0.29, 0.717) is 5.82 Å². The molecule has 1 amide bonds. The lowest BCUT2D eigenvalue weighted by Gasteiger charge is -2.37. The van der Waals surface area contributed by atoms with Gasteiger partial charge in [0.15, 0.2) is 5.82 Å². The van der Waals surface area contributed by atoms with Crippen molar-refractivity contribution in [3.63, 3.8) is 0 Å². The molecule has 0 bridgehead atoms. The van der Waals surface area contributed by atoms with Crippen molar-refractivity contribution < 1.29 is 9.32 Å². The van der Waals surface area contributed by atoms with Gasteiger partial charge in [-0.3, -0.25) is 9.69 Å². The molecular formula is C18H24N4O2. The Bertz CT molecular complexity index is 675. The number of carbonyl (C=O) groups excluding carboxylic acids is 1. The fourth-order valence-corrected chi connectivity index (χ4v) is 3.27. The minimum atomic E-state index is -0.230. The summed E-state index contributed by atoms with van der Waals surface area (Å²) in [6.07, 6.45) is 1.84. The number of likely N-dealkylation sites (N-methyl/N-ethyl adjacent to an activating group) is 1. The second-order valence-electron chi connectivity index (χ2n) is 6.54. The van der Waals surface area contributed by atoms with Crippen LogP contribution in [0.1, 0.15) is 42.1 Å². The minimum absolute atomic E-state index is 0.119. The highest BCUT2D eigenvalue weighted by Crippen LogP contribution is 2.32. The summed E-state index contributed by atoms with van der Waals surface area (Å²) in [5, 5.41) is 3.88. The van der Waals surface area contributed by atoms with Crippen LogP contribution in [0, 0.1) is 6.92 Å². The largest absolute Gasteiger partial charge is 0.347 e. The second kappa shape index (κ2) is 7.13. The number of carbonyl (C=O) groups is 1. The second-order valence-corrected chi connectivity index (χ2v) is 6.54. The van der Waals surface area contributed by atoms with Gasteiger partial charge in [0.1, 0.15) is 6.04 Å². The van der Waals surface area contributed by atoms with Crippen LogP contribution in [-0.2, 0) is 4.79 Å². The quantitative estimate of drug-likeness (QED) is 0.862. The van der Waals surface area contributed by atoms with Gasteiger partial charge in [0, 0.05) is 20.0 Å². The Labute approximate surface area is 142 Å². The van der Waals surface area contributed by atoms with Gasteiger partial charge >= 0.3 is 0 Å². The summed E-state index contributed by atoms with van der Waals surface area (Å²) in [5.74, 6) is 1.81. The third-order valence-corrected chi connectivity index (χ3v) is 4.58. The molecule has 1 unspecified atom stereocenters. The molecule has 0 N–H and O–H groups in total. The molecular weight excluding hydrogens is 304 g/mol. The van der Waals surface area contributed by atoms with Crippen LogP contribution in [-0.4, -0.2) is 53.0 Å². The topological polar surface area (TPSA) is 62.5 Å². The predicted octanol–water partition coefficient (Wildman–Crippen LogP) is 2.39. The molecule has 0 aliphatic carbocycles. The van der Waals surface area contributed by atoms with Crippen LogP contribution in [0.25, 0.3) is 0 Å². The van der Waals surface area contributed by atoms with E-state index in [1.54, 1.807) is 4.90 Å². The van der Waals surface area contributed by atoms with Crippen molar-refractivity contribution in [2.45, 2.75) is 31.7 Å². The highest BCUT2D eigenvalue weighted by molar-refractivity contribution is 5.82. The van der Waals surface area contributed by atoms with Gasteiger partial charge < -0.3 is 9.42 Å².